The first-order valence-corrected chi connectivity index (χ1v) is 4.34. The van der Waals surface area contributed by atoms with E-state index in [1.807, 2.05) is 7.05 Å². The number of hydrogen-bond acceptors (Lipinski definition) is 3. The molecule has 4 heteroatoms. The third-order valence-electron chi connectivity index (χ3n) is 2.45. The molecular weight excluding hydrogens is 156 g/mol. The van der Waals surface area contributed by atoms with Crippen molar-refractivity contribution in [2.45, 2.75) is 24.8 Å². The van der Waals surface area contributed by atoms with E-state index >= 15 is 0 Å². The molecule has 1 aliphatic heterocycles. The van der Waals surface area contributed by atoms with Crippen LogP contribution < -0.4 is 10.6 Å². The molecule has 0 radical (unpaired) electrons. The largest absolute Gasteiger partial charge is 0.480 e. The van der Waals surface area contributed by atoms with E-state index in [0.717, 1.165) is 25.9 Å². The van der Waals surface area contributed by atoms with Crippen molar-refractivity contribution in [1.82, 2.24) is 10.6 Å². The van der Waals surface area contributed by atoms with Crippen LogP contribution in [0.2, 0.25) is 0 Å². The summed E-state index contributed by atoms with van der Waals surface area (Å²) in [6.07, 6.45) is 2.39. The monoisotopic (exact) mass is 172 g/mol. The van der Waals surface area contributed by atoms with Crippen LogP contribution in [0.4, 0.5) is 0 Å². The first kappa shape index (κ1) is 9.48. The number of rotatable bonds is 4. The van der Waals surface area contributed by atoms with Gasteiger partial charge < -0.3 is 15.7 Å². The van der Waals surface area contributed by atoms with Gasteiger partial charge in [0.2, 0.25) is 0 Å². The Hall–Kier alpha value is -0.610. The topological polar surface area (TPSA) is 61.4 Å². The molecule has 0 bridgehead atoms. The molecule has 1 atom stereocenters. The van der Waals surface area contributed by atoms with Gasteiger partial charge in [0.05, 0.1) is 0 Å². The van der Waals surface area contributed by atoms with Gasteiger partial charge in [0.1, 0.15) is 5.54 Å². The normalized spacial score (nSPS) is 29.1. The predicted octanol–water partition coefficient (Wildman–Crippen LogP) is -0.197. The standard InChI is InChI=1S/C8H16N2O2/c1-9-6-4-8(7(11)12)3-2-5-10-8/h9-10H,2-6H2,1H3,(H,11,12). The lowest BCUT2D eigenvalue weighted by atomic mass is 9.93. The molecule has 70 valence electrons. The fourth-order valence-corrected chi connectivity index (χ4v) is 1.65. The van der Waals surface area contributed by atoms with Crippen molar-refractivity contribution >= 4 is 5.97 Å². The molecule has 1 saturated heterocycles. The van der Waals surface area contributed by atoms with Gasteiger partial charge in [0, 0.05) is 0 Å². The minimum Gasteiger partial charge on any atom is -0.480 e. The van der Waals surface area contributed by atoms with Crippen LogP contribution in [0.3, 0.4) is 0 Å². The number of aliphatic carboxylic acids is 1. The van der Waals surface area contributed by atoms with Crippen LogP contribution in [0, 0.1) is 0 Å². The van der Waals surface area contributed by atoms with E-state index in [2.05, 4.69) is 10.6 Å². The molecule has 0 aromatic heterocycles. The van der Waals surface area contributed by atoms with Crippen molar-refractivity contribution in [3.05, 3.63) is 0 Å². The third kappa shape index (κ3) is 1.76. The molecule has 1 rings (SSSR count). The molecule has 0 aromatic rings. The number of carboxylic acid groups (broad SMARTS) is 1. The van der Waals surface area contributed by atoms with Crippen molar-refractivity contribution in [2.24, 2.45) is 0 Å². The maximum atomic E-state index is 10.9. The van der Waals surface area contributed by atoms with Crippen molar-refractivity contribution in [2.75, 3.05) is 20.1 Å². The highest BCUT2D eigenvalue weighted by molar-refractivity contribution is 5.79. The zero-order chi connectivity index (χ0) is 9.03. The van der Waals surface area contributed by atoms with Crippen LogP contribution in [0.1, 0.15) is 19.3 Å². The maximum absolute atomic E-state index is 10.9. The summed E-state index contributed by atoms with van der Waals surface area (Å²) in [5.41, 5.74) is -0.650. The Balaban J connectivity index is 2.53. The van der Waals surface area contributed by atoms with Crippen LogP contribution in [-0.4, -0.2) is 36.8 Å². The zero-order valence-corrected chi connectivity index (χ0v) is 7.39. The van der Waals surface area contributed by atoms with Crippen LogP contribution in [0.15, 0.2) is 0 Å². The average molecular weight is 172 g/mol. The summed E-state index contributed by atoms with van der Waals surface area (Å²) in [7, 11) is 1.84. The second-order valence-electron chi connectivity index (χ2n) is 3.27. The minimum atomic E-state index is -0.713. The molecule has 0 aliphatic carbocycles. The second-order valence-corrected chi connectivity index (χ2v) is 3.27. The van der Waals surface area contributed by atoms with E-state index in [1.54, 1.807) is 0 Å². The van der Waals surface area contributed by atoms with E-state index < -0.39 is 11.5 Å². The van der Waals surface area contributed by atoms with Gasteiger partial charge in [-0.1, -0.05) is 0 Å². The molecule has 1 fully saturated rings. The Morgan fingerprint density at radius 3 is 2.92 bits per heavy atom. The SMILES string of the molecule is CNCCC1(C(=O)O)CCCN1. The first-order chi connectivity index (χ1) is 5.71. The van der Waals surface area contributed by atoms with Gasteiger partial charge in [-0.3, -0.25) is 4.79 Å². The van der Waals surface area contributed by atoms with Crippen molar-refractivity contribution < 1.29 is 9.90 Å². The van der Waals surface area contributed by atoms with E-state index in [1.165, 1.54) is 0 Å². The fraction of sp³-hybridized carbons (Fsp3) is 0.875. The van der Waals surface area contributed by atoms with Gasteiger partial charge in [0.25, 0.3) is 0 Å². The molecule has 0 aromatic carbocycles. The Morgan fingerprint density at radius 2 is 2.50 bits per heavy atom. The van der Waals surface area contributed by atoms with E-state index in [0.29, 0.717) is 6.42 Å². The van der Waals surface area contributed by atoms with Crippen molar-refractivity contribution in [3.63, 3.8) is 0 Å². The van der Waals surface area contributed by atoms with Crippen molar-refractivity contribution in [1.29, 1.82) is 0 Å². The van der Waals surface area contributed by atoms with E-state index in [4.69, 9.17) is 5.11 Å². The molecule has 1 unspecified atom stereocenters. The summed E-state index contributed by atoms with van der Waals surface area (Å²) in [5.74, 6) is -0.713. The summed E-state index contributed by atoms with van der Waals surface area (Å²) in [4.78, 5) is 10.9. The maximum Gasteiger partial charge on any atom is 0.323 e. The molecule has 3 N–H and O–H groups in total. The lowest BCUT2D eigenvalue weighted by molar-refractivity contribution is -0.144. The number of carboxylic acids is 1. The van der Waals surface area contributed by atoms with Crippen LogP contribution in [0.5, 0.6) is 0 Å². The molecule has 0 saturated carbocycles. The van der Waals surface area contributed by atoms with Gasteiger partial charge in [0.15, 0.2) is 0 Å². The van der Waals surface area contributed by atoms with E-state index in [9.17, 15) is 4.79 Å². The zero-order valence-electron chi connectivity index (χ0n) is 7.39. The molecule has 12 heavy (non-hydrogen) atoms. The van der Waals surface area contributed by atoms with Gasteiger partial charge in [-0.25, -0.2) is 0 Å². The highest BCUT2D eigenvalue weighted by Gasteiger charge is 2.40. The quantitative estimate of drug-likeness (QED) is 0.549. The highest BCUT2D eigenvalue weighted by Crippen LogP contribution is 2.22. The Bertz CT molecular complexity index is 164. The lowest BCUT2D eigenvalue weighted by Gasteiger charge is -2.23. The summed E-state index contributed by atoms with van der Waals surface area (Å²) >= 11 is 0. The van der Waals surface area contributed by atoms with E-state index in [-0.39, 0.29) is 0 Å². The second kappa shape index (κ2) is 3.87. The number of hydrogen-bond donors (Lipinski definition) is 3. The summed E-state index contributed by atoms with van der Waals surface area (Å²) in [6, 6.07) is 0. The number of nitrogens with one attached hydrogen (secondary N) is 2. The minimum absolute atomic E-state index is 0.650. The number of carbonyl (C=O) groups is 1. The van der Waals surface area contributed by atoms with Crippen molar-refractivity contribution in [3.8, 4) is 0 Å². The van der Waals surface area contributed by atoms with Crippen LogP contribution >= 0.6 is 0 Å². The van der Waals surface area contributed by atoms with Gasteiger partial charge in [-0.15, -0.1) is 0 Å². The van der Waals surface area contributed by atoms with Gasteiger partial charge in [-0.2, -0.15) is 0 Å². The van der Waals surface area contributed by atoms with Gasteiger partial charge >= 0.3 is 5.97 Å². The van der Waals surface area contributed by atoms with Gasteiger partial charge in [-0.05, 0) is 39.4 Å². The highest BCUT2D eigenvalue weighted by atomic mass is 16.4. The molecule has 1 aliphatic rings. The third-order valence-corrected chi connectivity index (χ3v) is 2.45. The molecule has 0 spiro atoms. The fourth-order valence-electron chi connectivity index (χ4n) is 1.65. The lowest BCUT2D eigenvalue weighted by Crippen LogP contribution is -2.49. The molecule has 0 amide bonds. The average Bonchev–Trinajstić information content (AvgIpc) is 2.50. The summed E-state index contributed by atoms with van der Waals surface area (Å²) in [6.45, 7) is 1.58. The Morgan fingerprint density at radius 1 is 1.75 bits per heavy atom. The van der Waals surface area contributed by atoms with Crippen LogP contribution in [-0.2, 0) is 4.79 Å². The Labute approximate surface area is 72.3 Å². The smallest absolute Gasteiger partial charge is 0.323 e. The van der Waals surface area contributed by atoms with Crippen LogP contribution in [0.25, 0.3) is 0 Å². The molecule has 1 heterocycles. The first-order valence-electron chi connectivity index (χ1n) is 4.34. The Kier molecular flexibility index (Phi) is 3.05. The summed E-state index contributed by atoms with van der Waals surface area (Å²) in [5, 5.41) is 15.0. The molecular formula is C8H16N2O2. The molecule has 4 nitrogen and oxygen atoms in total. The summed E-state index contributed by atoms with van der Waals surface area (Å²) < 4.78 is 0. The predicted molar refractivity (Wildman–Crippen MR) is 46.1 cm³/mol.